The van der Waals surface area contributed by atoms with Crippen molar-refractivity contribution in [2.75, 3.05) is 0 Å². The van der Waals surface area contributed by atoms with Crippen molar-refractivity contribution in [3.05, 3.63) is 206 Å². The SMILES string of the molecule is N#Cc1cc(-c2cccc(-c3cccc(-c4cccc5c4sc4ccccc45)c3)c2)cc(-c2cccc(-c3cccc(-c4cccc5c4sc4ccccc45)c3)c2)c1. The minimum atomic E-state index is 0.639. The first-order valence-electron chi connectivity index (χ1n) is 19.5. The summed E-state index contributed by atoms with van der Waals surface area (Å²) in [5.74, 6) is 0. The maximum atomic E-state index is 10.2. The van der Waals surface area contributed by atoms with E-state index in [1.54, 1.807) is 0 Å². The Morgan fingerprint density at radius 3 is 1.05 bits per heavy atom. The molecule has 3 heteroatoms. The van der Waals surface area contributed by atoms with E-state index < -0.39 is 0 Å². The van der Waals surface area contributed by atoms with Crippen molar-refractivity contribution in [3.63, 3.8) is 0 Å². The van der Waals surface area contributed by atoms with E-state index in [-0.39, 0.29) is 0 Å². The lowest BCUT2D eigenvalue weighted by Crippen LogP contribution is -1.88. The first-order valence-corrected chi connectivity index (χ1v) is 21.1. The highest BCUT2D eigenvalue weighted by Crippen LogP contribution is 2.43. The van der Waals surface area contributed by atoms with Crippen LogP contribution in [0.5, 0.6) is 0 Å². The number of hydrogen-bond acceptors (Lipinski definition) is 3. The van der Waals surface area contributed by atoms with Crippen LogP contribution >= 0.6 is 22.7 Å². The minimum absolute atomic E-state index is 0.639. The number of fused-ring (bicyclic) bond motifs is 6. The summed E-state index contributed by atoms with van der Waals surface area (Å²) in [6.07, 6.45) is 0. The maximum Gasteiger partial charge on any atom is 0.0992 e. The standard InChI is InChI=1S/C55H33NS2/c56-34-35-27-44(40-15-5-11-36(29-40)38-13-7-17-42(31-38)46-21-9-23-50-48-19-1-3-25-52(48)57-54(46)50)33-45(28-35)41-16-6-12-37(30-41)39-14-8-18-43(32-39)47-22-10-24-51-49-20-2-4-26-53(49)58-55(47)51/h1-33H. The smallest absolute Gasteiger partial charge is 0.0992 e. The second kappa shape index (κ2) is 14.1. The maximum absolute atomic E-state index is 10.2. The van der Waals surface area contributed by atoms with Crippen molar-refractivity contribution in [2.24, 2.45) is 0 Å². The molecule has 0 aliphatic heterocycles. The Kier molecular flexibility index (Phi) is 8.33. The molecule has 9 aromatic carbocycles. The van der Waals surface area contributed by atoms with Gasteiger partial charge in [0.25, 0.3) is 0 Å². The molecule has 0 aliphatic rings. The van der Waals surface area contributed by atoms with E-state index in [0.29, 0.717) is 5.56 Å². The monoisotopic (exact) mass is 771 g/mol. The summed E-state index contributed by atoms with van der Waals surface area (Å²) in [4.78, 5) is 0. The zero-order valence-electron chi connectivity index (χ0n) is 31.3. The molecule has 11 rings (SSSR count). The van der Waals surface area contributed by atoms with Gasteiger partial charge in [-0.2, -0.15) is 5.26 Å². The van der Waals surface area contributed by atoms with Crippen LogP contribution in [0.3, 0.4) is 0 Å². The van der Waals surface area contributed by atoms with Crippen molar-refractivity contribution < 1.29 is 0 Å². The van der Waals surface area contributed by atoms with Crippen molar-refractivity contribution >= 4 is 63.0 Å². The quantitative estimate of drug-likeness (QED) is 0.165. The normalized spacial score (nSPS) is 11.4. The lowest BCUT2D eigenvalue weighted by Gasteiger charge is -2.12. The van der Waals surface area contributed by atoms with E-state index in [1.807, 2.05) is 34.8 Å². The molecular formula is C55H33NS2. The van der Waals surface area contributed by atoms with Crippen LogP contribution in [0.25, 0.3) is 107 Å². The topological polar surface area (TPSA) is 23.8 Å². The summed E-state index contributed by atoms with van der Waals surface area (Å²) in [5.41, 5.74) is 14.3. The highest BCUT2D eigenvalue weighted by atomic mass is 32.1. The van der Waals surface area contributed by atoms with Gasteiger partial charge in [0.15, 0.2) is 0 Å². The Balaban J connectivity index is 0.934. The average molecular weight is 772 g/mol. The predicted molar refractivity (Wildman–Crippen MR) is 250 cm³/mol. The van der Waals surface area contributed by atoms with Gasteiger partial charge in [0, 0.05) is 40.3 Å². The van der Waals surface area contributed by atoms with Crippen LogP contribution in [0.2, 0.25) is 0 Å². The van der Waals surface area contributed by atoms with Gasteiger partial charge in [-0.25, -0.2) is 0 Å². The third-order valence-corrected chi connectivity index (χ3v) is 13.7. The fraction of sp³-hybridized carbons (Fsp3) is 0. The summed E-state index contributed by atoms with van der Waals surface area (Å²) in [6, 6.07) is 74.4. The second-order valence-corrected chi connectivity index (χ2v) is 16.9. The minimum Gasteiger partial charge on any atom is -0.192 e. The number of benzene rings is 9. The van der Waals surface area contributed by atoms with E-state index in [2.05, 4.69) is 194 Å². The summed E-state index contributed by atoms with van der Waals surface area (Å²) in [7, 11) is 0. The molecule has 0 atom stereocenters. The van der Waals surface area contributed by atoms with Crippen LogP contribution < -0.4 is 0 Å². The lowest BCUT2D eigenvalue weighted by atomic mass is 9.92. The zero-order valence-corrected chi connectivity index (χ0v) is 32.9. The summed E-state index contributed by atoms with van der Waals surface area (Å²) < 4.78 is 5.25. The molecule has 0 amide bonds. The predicted octanol–water partition coefficient (Wildman–Crippen LogP) is 16.3. The molecular weight excluding hydrogens is 739 g/mol. The van der Waals surface area contributed by atoms with Gasteiger partial charge >= 0.3 is 0 Å². The van der Waals surface area contributed by atoms with Crippen LogP contribution in [0.15, 0.2) is 200 Å². The molecule has 2 heterocycles. The Morgan fingerprint density at radius 1 is 0.293 bits per heavy atom. The fourth-order valence-corrected chi connectivity index (χ4v) is 10.9. The molecule has 0 N–H and O–H groups in total. The van der Waals surface area contributed by atoms with E-state index >= 15 is 0 Å². The Bertz CT molecular complexity index is 3210. The Morgan fingerprint density at radius 2 is 0.621 bits per heavy atom. The molecule has 1 nitrogen and oxygen atoms in total. The van der Waals surface area contributed by atoms with Crippen LogP contribution in [-0.2, 0) is 0 Å². The van der Waals surface area contributed by atoms with Gasteiger partial charge in [0.1, 0.15) is 0 Å². The van der Waals surface area contributed by atoms with Crippen molar-refractivity contribution in [1.82, 2.24) is 0 Å². The third-order valence-electron chi connectivity index (χ3n) is 11.3. The summed E-state index contributed by atoms with van der Waals surface area (Å²) >= 11 is 3.72. The number of nitrogens with zero attached hydrogens (tertiary/aromatic N) is 1. The summed E-state index contributed by atoms with van der Waals surface area (Å²) in [6.45, 7) is 0. The van der Waals surface area contributed by atoms with Gasteiger partial charge < -0.3 is 0 Å². The first-order chi connectivity index (χ1) is 28.7. The number of hydrogen-bond donors (Lipinski definition) is 0. The van der Waals surface area contributed by atoms with Gasteiger partial charge in [0.2, 0.25) is 0 Å². The van der Waals surface area contributed by atoms with Crippen LogP contribution in [0.1, 0.15) is 5.56 Å². The van der Waals surface area contributed by atoms with E-state index in [0.717, 1.165) is 44.5 Å². The fourth-order valence-electron chi connectivity index (χ4n) is 8.46. The zero-order chi connectivity index (χ0) is 38.6. The van der Waals surface area contributed by atoms with Gasteiger partial charge in [0.05, 0.1) is 11.6 Å². The molecule has 270 valence electrons. The number of rotatable bonds is 6. The average Bonchev–Trinajstić information content (AvgIpc) is 3.88. The lowest BCUT2D eigenvalue weighted by molar-refractivity contribution is 1.48. The van der Waals surface area contributed by atoms with Crippen LogP contribution in [0.4, 0.5) is 0 Å². The van der Waals surface area contributed by atoms with E-state index in [1.165, 1.54) is 62.6 Å². The highest BCUT2D eigenvalue weighted by molar-refractivity contribution is 7.26. The largest absolute Gasteiger partial charge is 0.192 e. The molecule has 0 spiro atoms. The molecule has 0 aliphatic carbocycles. The molecule has 0 unspecified atom stereocenters. The first kappa shape index (κ1) is 34.2. The summed E-state index contributed by atoms with van der Waals surface area (Å²) in [5, 5.41) is 15.4. The Hall–Kier alpha value is -7.09. The van der Waals surface area contributed by atoms with Gasteiger partial charge in [-0.1, -0.05) is 146 Å². The molecule has 0 bridgehead atoms. The number of thiophene rings is 2. The van der Waals surface area contributed by atoms with Gasteiger partial charge in [-0.15, -0.1) is 22.7 Å². The number of nitriles is 1. The van der Waals surface area contributed by atoms with Crippen molar-refractivity contribution in [3.8, 4) is 72.8 Å². The Labute approximate surface area is 345 Å². The van der Waals surface area contributed by atoms with Gasteiger partial charge in [-0.3, -0.25) is 0 Å². The second-order valence-electron chi connectivity index (χ2n) is 14.8. The molecule has 0 saturated carbocycles. The molecule has 0 radical (unpaired) electrons. The molecule has 58 heavy (non-hydrogen) atoms. The van der Waals surface area contributed by atoms with Crippen LogP contribution in [-0.4, -0.2) is 0 Å². The van der Waals surface area contributed by atoms with Crippen molar-refractivity contribution in [2.45, 2.75) is 0 Å². The molecule has 11 aromatic rings. The molecule has 0 fully saturated rings. The van der Waals surface area contributed by atoms with Gasteiger partial charge in [-0.05, 0) is 121 Å². The molecule has 0 saturated heterocycles. The van der Waals surface area contributed by atoms with Crippen molar-refractivity contribution in [1.29, 1.82) is 5.26 Å². The third kappa shape index (κ3) is 5.99. The van der Waals surface area contributed by atoms with E-state index in [9.17, 15) is 5.26 Å². The van der Waals surface area contributed by atoms with Crippen LogP contribution in [0, 0.1) is 11.3 Å². The molecule has 2 aromatic heterocycles. The van der Waals surface area contributed by atoms with E-state index in [4.69, 9.17) is 0 Å². The highest BCUT2D eigenvalue weighted by Gasteiger charge is 2.14.